The Morgan fingerprint density at radius 2 is 2.24 bits per heavy atom. The van der Waals surface area contributed by atoms with Crippen molar-refractivity contribution in [3.8, 4) is 0 Å². The number of rotatable bonds is 7. The zero-order valence-electron chi connectivity index (χ0n) is 10.6. The fraction of sp³-hybridized carbons (Fsp3) is 0.615. The Morgan fingerprint density at radius 1 is 1.53 bits per heavy atom. The monoisotopic (exact) mass is 255 g/mol. The van der Waals surface area contributed by atoms with Crippen LogP contribution in [0.25, 0.3) is 0 Å². The average Bonchev–Trinajstić information content (AvgIpc) is 2.79. The largest absolute Gasteiger partial charge is 0.481 e. The Labute approximate surface area is 107 Å². The molecule has 1 rings (SSSR count). The molecule has 3 nitrogen and oxygen atoms in total. The van der Waals surface area contributed by atoms with E-state index in [1.807, 2.05) is 17.5 Å². The van der Waals surface area contributed by atoms with E-state index in [1.165, 1.54) is 0 Å². The summed E-state index contributed by atoms with van der Waals surface area (Å²) in [5.74, 6) is -0.210. The third kappa shape index (κ3) is 4.48. The Kier molecular flexibility index (Phi) is 5.65. The van der Waals surface area contributed by atoms with Gasteiger partial charge in [-0.2, -0.15) is 0 Å². The summed E-state index contributed by atoms with van der Waals surface area (Å²) >= 11 is 1.61. The first kappa shape index (κ1) is 14.2. The maximum atomic E-state index is 10.9. The first-order chi connectivity index (χ1) is 8.04. The van der Waals surface area contributed by atoms with Gasteiger partial charge < -0.3 is 10.4 Å². The molecule has 0 fully saturated rings. The van der Waals surface area contributed by atoms with Crippen molar-refractivity contribution in [3.63, 3.8) is 0 Å². The lowest BCUT2D eigenvalue weighted by Gasteiger charge is -2.25. The van der Waals surface area contributed by atoms with E-state index in [0.717, 1.165) is 11.3 Å². The number of thiophene rings is 1. The van der Waals surface area contributed by atoms with Gasteiger partial charge in [0, 0.05) is 10.9 Å². The topological polar surface area (TPSA) is 49.3 Å². The number of carboxylic acids is 1. The van der Waals surface area contributed by atoms with Crippen molar-refractivity contribution in [1.82, 2.24) is 5.32 Å². The van der Waals surface area contributed by atoms with Crippen molar-refractivity contribution in [2.24, 2.45) is 5.92 Å². The van der Waals surface area contributed by atoms with Crippen LogP contribution in [0.3, 0.4) is 0 Å². The quantitative estimate of drug-likeness (QED) is 0.786. The molecule has 0 amide bonds. The molecule has 17 heavy (non-hydrogen) atoms. The second-order valence-electron chi connectivity index (χ2n) is 4.51. The predicted molar refractivity (Wildman–Crippen MR) is 71.4 cm³/mol. The van der Waals surface area contributed by atoms with Crippen molar-refractivity contribution < 1.29 is 9.90 Å². The van der Waals surface area contributed by atoms with E-state index in [2.05, 4.69) is 26.1 Å². The van der Waals surface area contributed by atoms with Crippen LogP contribution in [0.1, 0.15) is 44.5 Å². The summed E-state index contributed by atoms with van der Waals surface area (Å²) in [6.07, 6.45) is 1.24. The molecule has 1 aromatic heterocycles. The summed E-state index contributed by atoms with van der Waals surface area (Å²) < 4.78 is 0. The second-order valence-corrected chi connectivity index (χ2v) is 5.49. The van der Waals surface area contributed by atoms with Gasteiger partial charge in [-0.05, 0) is 24.3 Å². The molecule has 1 aromatic rings. The Balaban J connectivity index is 2.68. The van der Waals surface area contributed by atoms with Crippen LogP contribution >= 0.6 is 11.3 Å². The molecule has 1 heterocycles. The number of hydrogen-bond acceptors (Lipinski definition) is 3. The third-order valence-electron chi connectivity index (χ3n) is 3.23. The molecule has 3 atom stereocenters. The van der Waals surface area contributed by atoms with Crippen molar-refractivity contribution in [2.75, 3.05) is 0 Å². The lowest BCUT2D eigenvalue weighted by molar-refractivity contribution is -0.137. The fourth-order valence-corrected chi connectivity index (χ4v) is 2.53. The van der Waals surface area contributed by atoms with Crippen LogP contribution in [0.15, 0.2) is 17.5 Å². The van der Waals surface area contributed by atoms with Gasteiger partial charge in [-0.25, -0.2) is 0 Å². The van der Waals surface area contributed by atoms with Crippen LogP contribution in [0.4, 0.5) is 0 Å². The lowest BCUT2D eigenvalue weighted by Crippen LogP contribution is -2.35. The maximum absolute atomic E-state index is 10.9. The standard InChI is InChI=1S/C13H21NO2S/c1-4-9(2)10(3)14-11(8-13(15)16)12-6-5-7-17-12/h5-7,9-11,14H,4,8H2,1-3H3,(H,15,16). The molecular formula is C13H21NO2S. The summed E-state index contributed by atoms with van der Waals surface area (Å²) in [6.45, 7) is 6.46. The normalized spacial score (nSPS) is 16.4. The molecule has 0 bridgehead atoms. The predicted octanol–water partition coefficient (Wildman–Crippen LogP) is 3.29. The van der Waals surface area contributed by atoms with Gasteiger partial charge in [0.05, 0.1) is 12.5 Å². The molecule has 0 saturated heterocycles. The highest BCUT2D eigenvalue weighted by Gasteiger charge is 2.20. The number of nitrogens with one attached hydrogen (secondary N) is 1. The third-order valence-corrected chi connectivity index (χ3v) is 4.21. The molecule has 0 radical (unpaired) electrons. The number of carboxylic acid groups (broad SMARTS) is 1. The van der Waals surface area contributed by atoms with Gasteiger partial charge in [0.1, 0.15) is 0 Å². The van der Waals surface area contributed by atoms with E-state index < -0.39 is 5.97 Å². The molecule has 0 spiro atoms. The molecule has 3 unspecified atom stereocenters. The van der Waals surface area contributed by atoms with Crippen LogP contribution in [0.5, 0.6) is 0 Å². The average molecular weight is 255 g/mol. The van der Waals surface area contributed by atoms with E-state index in [1.54, 1.807) is 11.3 Å². The smallest absolute Gasteiger partial charge is 0.305 e. The zero-order valence-corrected chi connectivity index (χ0v) is 11.5. The highest BCUT2D eigenvalue weighted by molar-refractivity contribution is 7.10. The van der Waals surface area contributed by atoms with Crippen molar-refractivity contribution in [3.05, 3.63) is 22.4 Å². The van der Waals surface area contributed by atoms with E-state index in [-0.39, 0.29) is 12.5 Å². The van der Waals surface area contributed by atoms with Crippen LogP contribution in [-0.4, -0.2) is 17.1 Å². The Bertz CT molecular complexity index is 337. The van der Waals surface area contributed by atoms with Gasteiger partial charge >= 0.3 is 5.97 Å². The van der Waals surface area contributed by atoms with Crippen molar-refractivity contribution in [2.45, 2.75) is 45.7 Å². The van der Waals surface area contributed by atoms with Crippen molar-refractivity contribution in [1.29, 1.82) is 0 Å². The fourth-order valence-electron chi connectivity index (χ4n) is 1.74. The van der Waals surface area contributed by atoms with Gasteiger partial charge in [-0.1, -0.05) is 26.3 Å². The number of carbonyl (C=O) groups is 1. The second kappa shape index (κ2) is 6.77. The van der Waals surface area contributed by atoms with Gasteiger partial charge in [0.25, 0.3) is 0 Å². The molecule has 0 aliphatic carbocycles. The summed E-state index contributed by atoms with van der Waals surface area (Å²) in [4.78, 5) is 12.0. The van der Waals surface area contributed by atoms with E-state index in [0.29, 0.717) is 12.0 Å². The first-order valence-corrected chi connectivity index (χ1v) is 6.93. The highest BCUT2D eigenvalue weighted by atomic mass is 32.1. The van der Waals surface area contributed by atoms with E-state index in [4.69, 9.17) is 5.11 Å². The minimum absolute atomic E-state index is 0.0727. The van der Waals surface area contributed by atoms with Gasteiger partial charge in [-0.3, -0.25) is 4.79 Å². The summed E-state index contributed by atoms with van der Waals surface area (Å²) in [5.41, 5.74) is 0. The summed E-state index contributed by atoms with van der Waals surface area (Å²) in [6, 6.07) is 4.21. The molecule has 2 N–H and O–H groups in total. The molecule has 0 saturated carbocycles. The molecule has 4 heteroatoms. The van der Waals surface area contributed by atoms with Crippen molar-refractivity contribution >= 4 is 17.3 Å². The van der Waals surface area contributed by atoms with Crippen LogP contribution < -0.4 is 5.32 Å². The van der Waals surface area contributed by atoms with Crippen LogP contribution in [-0.2, 0) is 4.79 Å². The minimum atomic E-state index is -0.757. The first-order valence-electron chi connectivity index (χ1n) is 6.05. The van der Waals surface area contributed by atoms with Crippen LogP contribution in [0.2, 0.25) is 0 Å². The highest BCUT2D eigenvalue weighted by Crippen LogP contribution is 2.24. The zero-order chi connectivity index (χ0) is 12.8. The maximum Gasteiger partial charge on any atom is 0.305 e. The van der Waals surface area contributed by atoms with Gasteiger partial charge in [0.2, 0.25) is 0 Å². The molecule has 0 aliphatic heterocycles. The van der Waals surface area contributed by atoms with Gasteiger partial charge in [0.15, 0.2) is 0 Å². The lowest BCUT2D eigenvalue weighted by atomic mass is 9.99. The summed E-state index contributed by atoms with van der Waals surface area (Å²) in [5, 5.41) is 14.4. The molecule has 0 aromatic carbocycles. The van der Waals surface area contributed by atoms with Crippen LogP contribution in [0, 0.1) is 5.92 Å². The Hall–Kier alpha value is -0.870. The number of hydrogen-bond donors (Lipinski definition) is 2. The van der Waals surface area contributed by atoms with E-state index >= 15 is 0 Å². The molecular weight excluding hydrogens is 234 g/mol. The van der Waals surface area contributed by atoms with Gasteiger partial charge in [-0.15, -0.1) is 11.3 Å². The van der Waals surface area contributed by atoms with E-state index in [9.17, 15) is 4.79 Å². The number of aliphatic carboxylic acids is 1. The SMILES string of the molecule is CCC(C)C(C)NC(CC(=O)O)c1cccs1. The molecule has 0 aliphatic rings. The molecule has 96 valence electrons. The summed E-state index contributed by atoms with van der Waals surface area (Å²) in [7, 11) is 0. The Morgan fingerprint density at radius 3 is 2.71 bits per heavy atom. The minimum Gasteiger partial charge on any atom is -0.481 e.